The molecule has 1 aromatic rings. The van der Waals surface area contributed by atoms with Crippen LogP contribution in [0, 0.1) is 0 Å². The van der Waals surface area contributed by atoms with Crippen molar-refractivity contribution in [2.45, 2.75) is 25.0 Å². The molecule has 1 aliphatic carbocycles. The van der Waals surface area contributed by atoms with Gasteiger partial charge < -0.3 is 10.1 Å². The van der Waals surface area contributed by atoms with Gasteiger partial charge in [-0.05, 0) is 24.5 Å². The van der Waals surface area contributed by atoms with E-state index in [1.54, 1.807) is 0 Å². The van der Waals surface area contributed by atoms with Gasteiger partial charge in [-0.2, -0.15) is 0 Å². The molecule has 1 aromatic carbocycles. The van der Waals surface area contributed by atoms with E-state index in [0.717, 1.165) is 19.6 Å². The lowest BCUT2D eigenvalue weighted by Crippen LogP contribution is -2.52. The van der Waals surface area contributed by atoms with Gasteiger partial charge in [-0.3, -0.25) is 0 Å². The van der Waals surface area contributed by atoms with Gasteiger partial charge >= 0.3 is 0 Å². The van der Waals surface area contributed by atoms with Crippen molar-refractivity contribution < 1.29 is 4.74 Å². The van der Waals surface area contributed by atoms with Crippen molar-refractivity contribution in [2.75, 3.05) is 13.2 Å². The van der Waals surface area contributed by atoms with Gasteiger partial charge in [-0.25, -0.2) is 0 Å². The van der Waals surface area contributed by atoms with Crippen LogP contribution >= 0.6 is 0 Å². The summed E-state index contributed by atoms with van der Waals surface area (Å²) in [4.78, 5) is 0. The number of nitrogens with one attached hydrogen (secondary N) is 1. The minimum atomic E-state index is -0.0884. The molecule has 2 atom stereocenters. The zero-order valence-corrected chi connectivity index (χ0v) is 8.42. The average molecular weight is 189 g/mol. The highest BCUT2D eigenvalue weighted by molar-refractivity contribution is 5.40. The van der Waals surface area contributed by atoms with Crippen LogP contribution in [-0.4, -0.2) is 19.2 Å². The maximum atomic E-state index is 5.95. The molecule has 74 valence electrons. The van der Waals surface area contributed by atoms with Crippen molar-refractivity contribution in [3.8, 4) is 0 Å². The zero-order valence-electron chi connectivity index (χ0n) is 8.42. The quantitative estimate of drug-likeness (QED) is 0.667. The first-order valence-corrected chi connectivity index (χ1v) is 5.26. The Morgan fingerprint density at radius 1 is 1.43 bits per heavy atom. The Hall–Kier alpha value is -0.860. The number of hydrogen-bond acceptors (Lipinski definition) is 2. The molecule has 1 aliphatic heterocycles. The molecular weight excluding hydrogens is 174 g/mol. The molecule has 0 amide bonds. The zero-order chi connectivity index (χ0) is 9.60. The highest BCUT2D eigenvalue weighted by Gasteiger charge is 2.45. The molecule has 1 saturated heterocycles. The van der Waals surface area contributed by atoms with E-state index in [0.29, 0.717) is 6.04 Å². The van der Waals surface area contributed by atoms with Crippen molar-refractivity contribution in [3.05, 3.63) is 35.4 Å². The molecule has 0 saturated carbocycles. The molecule has 2 aliphatic rings. The Balaban J connectivity index is 2.10. The SMILES string of the molecule is C[C@]12OCCN[C@H]1Cc1ccccc12. The molecule has 0 bridgehead atoms. The Morgan fingerprint density at radius 2 is 2.29 bits per heavy atom. The molecule has 0 aromatic heterocycles. The van der Waals surface area contributed by atoms with Gasteiger partial charge in [0.1, 0.15) is 5.60 Å². The fourth-order valence-corrected chi connectivity index (χ4v) is 2.73. The predicted octanol–water partition coefficient (Wildman–Crippen LogP) is 1.45. The van der Waals surface area contributed by atoms with Gasteiger partial charge in [-0.1, -0.05) is 24.3 Å². The lowest BCUT2D eigenvalue weighted by molar-refractivity contribution is -0.0807. The van der Waals surface area contributed by atoms with E-state index in [-0.39, 0.29) is 5.60 Å². The van der Waals surface area contributed by atoms with Crippen LogP contribution in [0.5, 0.6) is 0 Å². The molecule has 0 spiro atoms. The number of rotatable bonds is 0. The van der Waals surface area contributed by atoms with Gasteiger partial charge in [0, 0.05) is 12.6 Å². The summed E-state index contributed by atoms with van der Waals surface area (Å²) in [5, 5.41) is 3.54. The smallest absolute Gasteiger partial charge is 0.106 e. The predicted molar refractivity (Wildman–Crippen MR) is 55.2 cm³/mol. The monoisotopic (exact) mass is 189 g/mol. The minimum Gasteiger partial charge on any atom is -0.368 e. The fourth-order valence-electron chi connectivity index (χ4n) is 2.73. The molecule has 3 rings (SSSR count). The average Bonchev–Trinajstić information content (AvgIpc) is 2.51. The third-order valence-electron chi connectivity index (χ3n) is 3.54. The molecular formula is C12H15NO. The maximum Gasteiger partial charge on any atom is 0.106 e. The molecule has 1 fully saturated rings. The van der Waals surface area contributed by atoms with Crippen molar-refractivity contribution in [3.63, 3.8) is 0 Å². The number of benzene rings is 1. The largest absolute Gasteiger partial charge is 0.368 e. The number of morpholine rings is 1. The van der Waals surface area contributed by atoms with Crippen molar-refractivity contribution in [1.82, 2.24) is 5.32 Å². The summed E-state index contributed by atoms with van der Waals surface area (Å²) in [5.74, 6) is 0. The van der Waals surface area contributed by atoms with Crippen LogP contribution in [0.15, 0.2) is 24.3 Å². The topological polar surface area (TPSA) is 21.3 Å². The van der Waals surface area contributed by atoms with E-state index in [1.807, 2.05) is 0 Å². The third kappa shape index (κ3) is 0.983. The first-order valence-electron chi connectivity index (χ1n) is 5.26. The van der Waals surface area contributed by atoms with Gasteiger partial charge in [-0.15, -0.1) is 0 Å². The van der Waals surface area contributed by atoms with Gasteiger partial charge in [0.15, 0.2) is 0 Å². The maximum absolute atomic E-state index is 5.95. The fraction of sp³-hybridized carbons (Fsp3) is 0.500. The molecule has 14 heavy (non-hydrogen) atoms. The lowest BCUT2D eigenvalue weighted by atomic mass is 9.93. The highest BCUT2D eigenvalue weighted by Crippen LogP contribution is 2.40. The number of hydrogen-bond donors (Lipinski definition) is 1. The van der Waals surface area contributed by atoms with Crippen LogP contribution in [0.2, 0.25) is 0 Å². The van der Waals surface area contributed by atoms with Crippen LogP contribution < -0.4 is 5.32 Å². The summed E-state index contributed by atoms with van der Waals surface area (Å²) in [6, 6.07) is 9.09. The van der Waals surface area contributed by atoms with Gasteiger partial charge in [0.25, 0.3) is 0 Å². The van der Waals surface area contributed by atoms with Crippen LogP contribution in [0.4, 0.5) is 0 Å². The van der Waals surface area contributed by atoms with E-state index in [1.165, 1.54) is 11.1 Å². The van der Waals surface area contributed by atoms with Crippen LogP contribution in [0.25, 0.3) is 0 Å². The van der Waals surface area contributed by atoms with Crippen LogP contribution in [0.3, 0.4) is 0 Å². The Bertz CT molecular complexity index is 363. The summed E-state index contributed by atoms with van der Waals surface area (Å²) >= 11 is 0. The van der Waals surface area contributed by atoms with Crippen LogP contribution in [0.1, 0.15) is 18.1 Å². The van der Waals surface area contributed by atoms with E-state index in [4.69, 9.17) is 4.74 Å². The number of fused-ring (bicyclic) bond motifs is 3. The second kappa shape index (κ2) is 2.81. The Kier molecular flexibility index (Phi) is 1.70. The number of ether oxygens (including phenoxy) is 1. The second-order valence-electron chi connectivity index (χ2n) is 4.32. The first kappa shape index (κ1) is 8.45. The molecule has 2 heteroatoms. The Labute approximate surface area is 84.3 Å². The second-order valence-corrected chi connectivity index (χ2v) is 4.32. The van der Waals surface area contributed by atoms with Gasteiger partial charge in [0.2, 0.25) is 0 Å². The van der Waals surface area contributed by atoms with E-state index in [2.05, 4.69) is 36.5 Å². The summed E-state index contributed by atoms with van der Waals surface area (Å²) in [6.07, 6.45) is 1.10. The summed E-state index contributed by atoms with van der Waals surface area (Å²) in [6.45, 7) is 4.01. The van der Waals surface area contributed by atoms with Crippen molar-refractivity contribution in [2.24, 2.45) is 0 Å². The van der Waals surface area contributed by atoms with E-state index in [9.17, 15) is 0 Å². The molecule has 0 radical (unpaired) electrons. The van der Waals surface area contributed by atoms with Crippen molar-refractivity contribution >= 4 is 0 Å². The lowest BCUT2D eigenvalue weighted by Gasteiger charge is -2.37. The summed E-state index contributed by atoms with van der Waals surface area (Å²) in [7, 11) is 0. The standard InChI is InChI=1S/C12H15NO/c1-12-10-5-3-2-4-9(10)8-11(12)13-6-7-14-12/h2-5,11,13H,6-8H2,1H3/t11-,12+/m0/s1. The summed E-state index contributed by atoms with van der Waals surface area (Å²) < 4.78 is 5.95. The summed E-state index contributed by atoms with van der Waals surface area (Å²) in [5.41, 5.74) is 2.72. The molecule has 0 unspecified atom stereocenters. The molecule has 1 N–H and O–H groups in total. The van der Waals surface area contributed by atoms with E-state index >= 15 is 0 Å². The van der Waals surface area contributed by atoms with Gasteiger partial charge in [0.05, 0.1) is 6.61 Å². The first-order chi connectivity index (χ1) is 6.81. The van der Waals surface area contributed by atoms with E-state index < -0.39 is 0 Å². The Morgan fingerprint density at radius 3 is 3.21 bits per heavy atom. The minimum absolute atomic E-state index is 0.0884. The normalized spacial score (nSPS) is 35.1. The van der Waals surface area contributed by atoms with Crippen LogP contribution in [-0.2, 0) is 16.8 Å². The molecule has 1 heterocycles. The third-order valence-corrected chi connectivity index (χ3v) is 3.54. The highest BCUT2D eigenvalue weighted by atomic mass is 16.5. The van der Waals surface area contributed by atoms with Crippen molar-refractivity contribution in [1.29, 1.82) is 0 Å². The molecule has 2 nitrogen and oxygen atoms in total.